The van der Waals surface area contributed by atoms with Crippen LogP contribution < -0.4 is 5.32 Å². The normalized spacial score (nSPS) is 15.6. The Morgan fingerprint density at radius 2 is 1.95 bits per heavy atom. The number of amides is 2. The molecule has 116 valence electrons. The zero-order valence-corrected chi connectivity index (χ0v) is 12.9. The second kappa shape index (κ2) is 6.28. The lowest BCUT2D eigenvalue weighted by molar-refractivity contribution is -0.142. The summed E-state index contributed by atoms with van der Waals surface area (Å²) in [6.07, 6.45) is 3.01. The molecule has 0 unspecified atom stereocenters. The fourth-order valence-corrected chi connectivity index (χ4v) is 2.48. The van der Waals surface area contributed by atoms with Gasteiger partial charge in [-0.05, 0) is 32.6 Å². The molecule has 0 atom stereocenters. The molecule has 1 N–H and O–H groups in total. The Balaban J connectivity index is 2.06. The van der Waals surface area contributed by atoms with Gasteiger partial charge in [-0.15, -0.1) is 0 Å². The first kappa shape index (κ1) is 15.5. The van der Waals surface area contributed by atoms with E-state index in [2.05, 4.69) is 10.5 Å². The molecule has 1 aromatic rings. The van der Waals surface area contributed by atoms with Gasteiger partial charge in [-0.1, -0.05) is 19.0 Å². The Hall–Kier alpha value is -1.85. The predicted octanol–water partition coefficient (Wildman–Crippen LogP) is 2.35. The highest BCUT2D eigenvalue weighted by molar-refractivity contribution is 6.12. The monoisotopic (exact) mass is 293 g/mol. The van der Waals surface area contributed by atoms with E-state index in [0.29, 0.717) is 37.5 Å². The molecular formula is C15H23N3O3. The highest BCUT2D eigenvalue weighted by atomic mass is 16.5. The van der Waals surface area contributed by atoms with Crippen LogP contribution in [0.1, 0.15) is 45.3 Å². The van der Waals surface area contributed by atoms with E-state index in [1.54, 1.807) is 17.9 Å². The van der Waals surface area contributed by atoms with Gasteiger partial charge >= 0.3 is 0 Å². The number of anilines is 1. The summed E-state index contributed by atoms with van der Waals surface area (Å²) in [5.74, 6) is 0.677. The molecule has 0 spiro atoms. The third-order valence-electron chi connectivity index (χ3n) is 3.74. The summed E-state index contributed by atoms with van der Waals surface area (Å²) in [4.78, 5) is 26.9. The molecule has 2 amide bonds. The van der Waals surface area contributed by atoms with E-state index in [9.17, 15) is 9.59 Å². The molecule has 1 fully saturated rings. The number of rotatable bonds is 7. The van der Waals surface area contributed by atoms with Gasteiger partial charge in [-0.3, -0.25) is 9.59 Å². The van der Waals surface area contributed by atoms with Gasteiger partial charge in [0.15, 0.2) is 5.82 Å². The number of nitrogens with one attached hydrogen (secondary N) is 1. The molecule has 21 heavy (non-hydrogen) atoms. The maximum Gasteiger partial charge on any atom is 0.241 e. The Labute approximate surface area is 124 Å². The van der Waals surface area contributed by atoms with Gasteiger partial charge in [0, 0.05) is 19.2 Å². The Morgan fingerprint density at radius 1 is 1.33 bits per heavy atom. The van der Waals surface area contributed by atoms with Crippen LogP contribution in [0.4, 0.5) is 5.82 Å². The molecular weight excluding hydrogens is 270 g/mol. The molecule has 1 heterocycles. The van der Waals surface area contributed by atoms with Crippen LogP contribution in [0.3, 0.4) is 0 Å². The maximum atomic E-state index is 12.7. The molecule has 0 aromatic carbocycles. The van der Waals surface area contributed by atoms with E-state index in [4.69, 9.17) is 4.52 Å². The predicted molar refractivity (Wildman–Crippen MR) is 78.7 cm³/mol. The van der Waals surface area contributed by atoms with Crippen molar-refractivity contribution in [1.82, 2.24) is 10.1 Å². The largest absolute Gasteiger partial charge is 0.360 e. The van der Waals surface area contributed by atoms with Crippen LogP contribution in [0.5, 0.6) is 0 Å². The third kappa shape index (κ3) is 3.25. The SMILES string of the molecule is CCCN(CCC)C(=O)C1(C(=O)Nc2cc(C)on2)CC1. The van der Waals surface area contributed by atoms with Gasteiger partial charge in [0.25, 0.3) is 0 Å². The van der Waals surface area contributed by atoms with Crippen molar-refractivity contribution in [3.63, 3.8) is 0 Å². The van der Waals surface area contributed by atoms with E-state index >= 15 is 0 Å². The smallest absolute Gasteiger partial charge is 0.241 e. The third-order valence-corrected chi connectivity index (χ3v) is 3.74. The van der Waals surface area contributed by atoms with Crippen LogP contribution in [0, 0.1) is 12.3 Å². The van der Waals surface area contributed by atoms with Crippen molar-refractivity contribution in [2.24, 2.45) is 5.41 Å². The first-order valence-electron chi connectivity index (χ1n) is 7.57. The van der Waals surface area contributed by atoms with Gasteiger partial charge in [0.05, 0.1) is 0 Å². The number of aromatic nitrogens is 1. The van der Waals surface area contributed by atoms with Crippen molar-refractivity contribution in [3.05, 3.63) is 11.8 Å². The topological polar surface area (TPSA) is 75.4 Å². The van der Waals surface area contributed by atoms with Gasteiger partial charge in [-0.25, -0.2) is 0 Å². The van der Waals surface area contributed by atoms with Gasteiger partial charge in [-0.2, -0.15) is 0 Å². The van der Waals surface area contributed by atoms with E-state index in [1.807, 2.05) is 13.8 Å². The average molecular weight is 293 g/mol. The van der Waals surface area contributed by atoms with Crippen LogP contribution in [-0.4, -0.2) is 35.0 Å². The van der Waals surface area contributed by atoms with Crippen LogP contribution in [-0.2, 0) is 9.59 Å². The summed E-state index contributed by atoms with van der Waals surface area (Å²) in [7, 11) is 0. The molecule has 0 radical (unpaired) electrons. The van der Waals surface area contributed by atoms with Crippen LogP contribution in [0.2, 0.25) is 0 Å². The first-order valence-corrected chi connectivity index (χ1v) is 7.57. The van der Waals surface area contributed by atoms with Gasteiger partial charge < -0.3 is 14.7 Å². The number of hydrogen-bond acceptors (Lipinski definition) is 4. The molecule has 6 heteroatoms. The molecule has 1 aliphatic carbocycles. The van der Waals surface area contributed by atoms with E-state index in [-0.39, 0.29) is 11.8 Å². The Kier molecular flexibility index (Phi) is 4.65. The number of carbonyl (C=O) groups is 2. The highest BCUT2D eigenvalue weighted by Gasteiger charge is 2.58. The Morgan fingerprint density at radius 3 is 2.38 bits per heavy atom. The standard InChI is InChI=1S/C15H23N3O3/c1-4-8-18(9-5-2)14(20)15(6-7-15)13(19)16-12-10-11(3)21-17-12/h10H,4-9H2,1-3H3,(H,16,17,19). The quantitative estimate of drug-likeness (QED) is 0.783. The molecule has 0 saturated heterocycles. The summed E-state index contributed by atoms with van der Waals surface area (Å²) in [6.45, 7) is 7.22. The second-order valence-electron chi connectivity index (χ2n) is 5.65. The van der Waals surface area contributed by atoms with Crippen LogP contribution >= 0.6 is 0 Å². The minimum atomic E-state index is -0.892. The lowest BCUT2D eigenvalue weighted by atomic mass is 10.0. The number of carbonyl (C=O) groups excluding carboxylic acids is 2. The van der Waals surface area contributed by atoms with Gasteiger partial charge in [0.2, 0.25) is 11.8 Å². The molecule has 1 aromatic heterocycles. The van der Waals surface area contributed by atoms with Crippen molar-refractivity contribution in [2.45, 2.75) is 46.5 Å². The van der Waals surface area contributed by atoms with E-state index in [0.717, 1.165) is 12.8 Å². The van der Waals surface area contributed by atoms with Crippen molar-refractivity contribution in [1.29, 1.82) is 0 Å². The van der Waals surface area contributed by atoms with Crippen molar-refractivity contribution >= 4 is 17.6 Å². The summed E-state index contributed by atoms with van der Waals surface area (Å²) in [5.41, 5.74) is -0.892. The van der Waals surface area contributed by atoms with E-state index < -0.39 is 5.41 Å². The lowest BCUT2D eigenvalue weighted by Gasteiger charge is -2.26. The molecule has 1 saturated carbocycles. The fourth-order valence-electron chi connectivity index (χ4n) is 2.48. The number of aryl methyl sites for hydroxylation is 1. The highest BCUT2D eigenvalue weighted by Crippen LogP contribution is 2.48. The Bertz CT molecular complexity index is 514. The van der Waals surface area contributed by atoms with Crippen LogP contribution in [0.15, 0.2) is 10.6 Å². The average Bonchev–Trinajstić information content (AvgIpc) is 3.17. The van der Waals surface area contributed by atoms with Gasteiger partial charge in [0.1, 0.15) is 11.2 Å². The lowest BCUT2D eigenvalue weighted by Crippen LogP contribution is -2.43. The zero-order valence-electron chi connectivity index (χ0n) is 12.9. The first-order chi connectivity index (χ1) is 10.0. The molecule has 0 bridgehead atoms. The zero-order chi connectivity index (χ0) is 15.5. The summed E-state index contributed by atoms with van der Waals surface area (Å²) >= 11 is 0. The molecule has 6 nitrogen and oxygen atoms in total. The fraction of sp³-hybridized carbons (Fsp3) is 0.667. The summed E-state index contributed by atoms with van der Waals surface area (Å²) in [6, 6.07) is 1.65. The van der Waals surface area contributed by atoms with Crippen molar-refractivity contribution < 1.29 is 14.1 Å². The number of nitrogens with zero attached hydrogens (tertiary/aromatic N) is 2. The second-order valence-corrected chi connectivity index (χ2v) is 5.65. The molecule has 0 aliphatic heterocycles. The minimum absolute atomic E-state index is 0.0519. The maximum absolute atomic E-state index is 12.7. The number of hydrogen-bond donors (Lipinski definition) is 1. The minimum Gasteiger partial charge on any atom is -0.360 e. The van der Waals surface area contributed by atoms with Crippen molar-refractivity contribution in [2.75, 3.05) is 18.4 Å². The van der Waals surface area contributed by atoms with E-state index in [1.165, 1.54) is 0 Å². The summed E-state index contributed by atoms with van der Waals surface area (Å²) < 4.78 is 4.92. The molecule has 2 rings (SSSR count). The van der Waals surface area contributed by atoms with Crippen LogP contribution in [0.25, 0.3) is 0 Å². The molecule has 1 aliphatic rings. The van der Waals surface area contributed by atoms with Crippen molar-refractivity contribution in [3.8, 4) is 0 Å². The summed E-state index contributed by atoms with van der Waals surface area (Å²) in [5, 5.41) is 6.44.